The highest BCUT2D eigenvalue weighted by molar-refractivity contribution is 6.05. The molecule has 0 radical (unpaired) electrons. The molecule has 0 unspecified atom stereocenters. The van der Waals surface area contributed by atoms with Crippen LogP contribution in [0, 0.1) is 17.1 Å². The normalized spacial score (nSPS) is 10.4. The summed E-state index contributed by atoms with van der Waals surface area (Å²) in [5.41, 5.74) is 3.99. The highest BCUT2D eigenvalue weighted by atomic mass is 19.1. The number of hydrogen-bond acceptors (Lipinski definition) is 6. The summed E-state index contributed by atoms with van der Waals surface area (Å²) in [4.78, 5) is 21.1. The van der Waals surface area contributed by atoms with Crippen LogP contribution < -0.4 is 16.0 Å². The van der Waals surface area contributed by atoms with Crippen LogP contribution >= 0.6 is 0 Å². The van der Waals surface area contributed by atoms with E-state index in [1.165, 1.54) is 6.07 Å². The Labute approximate surface area is 206 Å². The zero-order chi connectivity index (χ0) is 24.9. The smallest absolute Gasteiger partial charge is 0.258 e. The van der Waals surface area contributed by atoms with Crippen LogP contribution in [0.25, 0.3) is 10.9 Å². The lowest BCUT2D eigenvalue weighted by molar-refractivity contribution is 0.102. The molecular weight excluding hydrogens is 455 g/mol. The highest BCUT2D eigenvalue weighted by Crippen LogP contribution is 2.29. The Hall–Kier alpha value is -5.29. The monoisotopic (exact) mass is 474 g/mol. The van der Waals surface area contributed by atoms with Crippen molar-refractivity contribution in [2.75, 3.05) is 16.0 Å². The largest absolute Gasteiger partial charge is 0.355 e. The van der Waals surface area contributed by atoms with Crippen molar-refractivity contribution in [1.82, 2.24) is 9.97 Å². The highest BCUT2D eigenvalue weighted by Gasteiger charge is 2.16. The van der Waals surface area contributed by atoms with Gasteiger partial charge in [0, 0.05) is 46.7 Å². The van der Waals surface area contributed by atoms with Gasteiger partial charge in [0.2, 0.25) is 0 Å². The number of rotatable bonds is 6. The minimum absolute atomic E-state index is 0.102. The number of fused-ring (bicyclic) bond motifs is 1. The average Bonchev–Trinajstić information content (AvgIpc) is 2.91. The fourth-order valence-electron chi connectivity index (χ4n) is 3.71. The molecule has 0 aliphatic heterocycles. The Bertz CT molecular complexity index is 1600. The van der Waals surface area contributed by atoms with Gasteiger partial charge < -0.3 is 16.0 Å². The van der Waals surface area contributed by atoms with Crippen LogP contribution in [0.15, 0.2) is 97.5 Å². The van der Waals surface area contributed by atoms with Crippen LogP contribution in [0.2, 0.25) is 0 Å². The van der Waals surface area contributed by atoms with Gasteiger partial charge in [0.05, 0.1) is 28.4 Å². The first-order chi connectivity index (χ1) is 17.6. The number of amides is 1. The summed E-state index contributed by atoms with van der Waals surface area (Å²) in [5, 5.41) is 18.9. The van der Waals surface area contributed by atoms with Crippen LogP contribution in [0.5, 0.6) is 0 Å². The second-order valence-electron chi connectivity index (χ2n) is 7.89. The van der Waals surface area contributed by atoms with Gasteiger partial charge in [-0.2, -0.15) is 5.26 Å². The van der Waals surface area contributed by atoms with E-state index in [4.69, 9.17) is 0 Å². The summed E-state index contributed by atoms with van der Waals surface area (Å²) in [6, 6.07) is 24.2. The minimum Gasteiger partial charge on any atom is -0.355 e. The number of anilines is 5. The van der Waals surface area contributed by atoms with Crippen LogP contribution in [0.1, 0.15) is 15.9 Å². The average molecular weight is 474 g/mol. The quantitative estimate of drug-likeness (QED) is 0.264. The van der Waals surface area contributed by atoms with Crippen molar-refractivity contribution in [2.45, 2.75) is 0 Å². The van der Waals surface area contributed by atoms with Crippen LogP contribution in [0.3, 0.4) is 0 Å². The molecule has 0 aliphatic carbocycles. The number of nitrogens with one attached hydrogen (secondary N) is 3. The van der Waals surface area contributed by atoms with Crippen molar-refractivity contribution < 1.29 is 9.18 Å². The fourth-order valence-corrected chi connectivity index (χ4v) is 3.71. The summed E-state index contributed by atoms with van der Waals surface area (Å²) in [7, 11) is 0. The summed E-state index contributed by atoms with van der Waals surface area (Å²) in [5.74, 6) is -1.26. The Balaban J connectivity index is 1.34. The van der Waals surface area contributed by atoms with Crippen molar-refractivity contribution in [3.8, 4) is 6.07 Å². The lowest BCUT2D eigenvalue weighted by Gasteiger charge is -2.13. The number of nitriles is 1. The van der Waals surface area contributed by atoms with E-state index in [1.54, 1.807) is 67.1 Å². The number of benzene rings is 3. The number of carbonyl (C=O) groups excluding carboxylic acids is 1. The predicted molar refractivity (Wildman–Crippen MR) is 138 cm³/mol. The maximum absolute atomic E-state index is 15.4. The van der Waals surface area contributed by atoms with Crippen LogP contribution in [-0.2, 0) is 0 Å². The maximum Gasteiger partial charge on any atom is 0.258 e. The molecule has 0 aliphatic rings. The number of halogens is 1. The molecule has 2 heterocycles. The van der Waals surface area contributed by atoms with Crippen molar-refractivity contribution >= 4 is 45.2 Å². The molecule has 3 N–H and O–H groups in total. The summed E-state index contributed by atoms with van der Waals surface area (Å²) in [6.45, 7) is 0. The molecule has 0 saturated carbocycles. The second kappa shape index (κ2) is 9.91. The first-order valence-corrected chi connectivity index (χ1v) is 11.0. The Morgan fingerprint density at radius 1 is 0.806 bits per heavy atom. The van der Waals surface area contributed by atoms with Gasteiger partial charge in [0.1, 0.15) is 0 Å². The number of carbonyl (C=O) groups is 1. The predicted octanol–water partition coefficient (Wildman–Crippen LogP) is 6.38. The lowest BCUT2D eigenvalue weighted by Crippen LogP contribution is -2.14. The third-order valence-electron chi connectivity index (χ3n) is 5.50. The molecule has 0 bridgehead atoms. The van der Waals surface area contributed by atoms with E-state index in [1.807, 2.05) is 24.3 Å². The molecule has 0 spiro atoms. The van der Waals surface area contributed by atoms with Gasteiger partial charge >= 0.3 is 0 Å². The molecule has 5 aromatic rings. The Kier molecular flexibility index (Phi) is 6.19. The van der Waals surface area contributed by atoms with E-state index < -0.39 is 11.7 Å². The molecule has 0 saturated heterocycles. The summed E-state index contributed by atoms with van der Waals surface area (Å²) < 4.78 is 15.4. The molecule has 2 aromatic heterocycles. The first kappa shape index (κ1) is 22.5. The van der Waals surface area contributed by atoms with E-state index in [-0.39, 0.29) is 11.3 Å². The van der Waals surface area contributed by atoms with Gasteiger partial charge in [0.15, 0.2) is 5.82 Å². The molecule has 7 nitrogen and oxygen atoms in total. The van der Waals surface area contributed by atoms with Crippen LogP contribution in [0.4, 0.5) is 32.8 Å². The molecular formula is C28H19FN6O. The molecule has 1 amide bonds. The first-order valence-electron chi connectivity index (χ1n) is 11.0. The zero-order valence-electron chi connectivity index (χ0n) is 18.9. The van der Waals surface area contributed by atoms with E-state index in [0.29, 0.717) is 27.8 Å². The Morgan fingerprint density at radius 2 is 1.56 bits per heavy atom. The number of pyridine rings is 2. The number of nitrogens with zero attached hydrogens (tertiary/aromatic N) is 3. The topological polar surface area (TPSA) is 103 Å². The van der Waals surface area contributed by atoms with Crippen molar-refractivity contribution in [3.63, 3.8) is 0 Å². The standard InChI is InChI=1S/C28H19FN6O/c29-27-22(28(36)34-20-7-5-19(6-8-20)33-21-10-13-31-14-11-21)2-1-3-26(27)35-25-12-15-32-24-9-4-18(17-30)16-23(24)25/h1-16H,(H,31,33)(H,32,35)(H,34,36). The van der Waals surface area contributed by atoms with Gasteiger partial charge in [0.25, 0.3) is 5.91 Å². The second-order valence-corrected chi connectivity index (χ2v) is 7.89. The zero-order valence-corrected chi connectivity index (χ0v) is 18.9. The molecule has 5 rings (SSSR count). The van der Waals surface area contributed by atoms with E-state index in [2.05, 4.69) is 32.0 Å². The molecule has 0 atom stereocenters. The minimum atomic E-state index is -0.688. The summed E-state index contributed by atoms with van der Waals surface area (Å²) >= 11 is 0. The van der Waals surface area contributed by atoms with Gasteiger partial charge in [-0.05, 0) is 72.8 Å². The molecule has 36 heavy (non-hydrogen) atoms. The van der Waals surface area contributed by atoms with Gasteiger partial charge in [-0.25, -0.2) is 4.39 Å². The Morgan fingerprint density at radius 3 is 2.33 bits per heavy atom. The van der Waals surface area contributed by atoms with Gasteiger partial charge in [-0.1, -0.05) is 6.07 Å². The van der Waals surface area contributed by atoms with Gasteiger partial charge in [-0.3, -0.25) is 14.8 Å². The van der Waals surface area contributed by atoms with Crippen LogP contribution in [-0.4, -0.2) is 15.9 Å². The van der Waals surface area contributed by atoms with Crippen molar-refractivity contribution in [1.29, 1.82) is 5.26 Å². The molecule has 174 valence electrons. The summed E-state index contributed by atoms with van der Waals surface area (Å²) in [6.07, 6.45) is 4.97. The van der Waals surface area contributed by atoms with E-state index in [0.717, 1.165) is 11.4 Å². The van der Waals surface area contributed by atoms with E-state index in [9.17, 15) is 10.1 Å². The molecule has 3 aromatic carbocycles. The lowest BCUT2D eigenvalue weighted by atomic mass is 10.1. The fraction of sp³-hybridized carbons (Fsp3) is 0. The maximum atomic E-state index is 15.4. The van der Waals surface area contributed by atoms with Crippen molar-refractivity contribution in [2.24, 2.45) is 0 Å². The van der Waals surface area contributed by atoms with Crippen molar-refractivity contribution in [3.05, 3.63) is 114 Å². The van der Waals surface area contributed by atoms with E-state index >= 15 is 4.39 Å². The number of hydrogen-bond donors (Lipinski definition) is 3. The molecule has 0 fully saturated rings. The SMILES string of the molecule is N#Cc1ccc2nccc(Nc3cccc(C(=O)Nc4ccc(Nc5ccncc5)cc4)c3F)c2c1. The number of aromatic nitrogens is 2. The molecule has 8 heteroatoms. The third kappa shape index (κ3) is 4.81. The van der Waals surface area contributed by atoms with Gasteiger partial charge in [-0.15, -0.1) is 0 Å². The third-order valence-corrected chi connectivity index (χ3v) is 5.50.